The van der Waals surface area contributed by atoms with Crippen LogP contribution in [-0.4, -0.2) is 33.1 Å². The van der Waals surface area contributed by atoms with Gasteiger partial charge in [-0.25, -0.2) is 4.98 Å². The van der Waals surface area contributed by atoms with Crippen LogP contribution in [0.4, 0.5) is 0 Å². The van der Waals surface area contributed by atoms with Gasteiger partial charge in [-0.2, -0.15) is 0 Å². The Labute approximate surface area is 126 Å². The van der Waals surface area contributed by atoms with Gasteiger partial charge in [-0.1, -0.05) is 26.0 Å². The van der Waals surface area contributed by atoms with Gasteiger partial charge in [0.25, 0.3) is 5.56 Å². The van der Waals surface area contributed by atoms with Crippen molar-refractivity contribution in [1.82, 2.24) is 14.9 Å². The fraction of sp³-hybridized carbons (Fsp3) is 0.333. The minimum absolute atomic E-state index is 0.200. The van der Waals surface area contributed by atoms with Crippen LogP contribution in [0.15, 0.2) is 35.4 Å². The Morgan fingerprint density at radius 1 is 1.32 bits per heavy atom. The molecule has 2 aromatic rings. The number of aliphatic carboxylic acids is 1. The molecule has 1 aromatic heterocycles. The molecule has 116 valence electrons. The summed E-state index contributed by atoms with van der Waals surface area (Å²) in [5.41, 5.74) is 0.229. The number of nitrogens with zero attached hydrogens (tertiary/aromatic N) is 2. The van der Waals surface area contributed by atoms with E-state index in [9.17, 15) is 14.4 Å². The highest BCUT2D eigenvalue weighted by molar-refractivity contribution is 5.85. The highest BCUT2D eigenvalue weighted by Crippen LogP contribution is 2.17. The van der Waals surface area contributed by atoms with Crippen LogP contribution < -0.4 is 10.9 Å². The molecule has 1 unspecified atom stereocenters. The average molecular weight is 303 g/mol. The van der Waals surface area contributed by atoms with E-state index in [0.29, 0.717) is 10.9 Å². The molecule has 1 heterocycles. The van der Waals surface area contributed by atoms with Crippen LogP contribution in [0.25, 0.3) is 10.9 Å². The molecule has 0 saturated carbocycles. The number of para-hydroxylation sites is 1. The summed E-state index contributed by atoms with van der Waals surface area (Å²) in [6, 6.07) is 6.05. The summed E-state index contributed by atoms with van der Waals surface area (Å²) in [6.45, 7) is 3.08. The first-order chi connectivity index (χ1) is 10.4. The molecule has 0 aliphatic heterocycles. The fourth-order valence-corrected chi connectivity index (χ4v) is 2.30. The first kappa shape index (κ1) is 15.7. The SMILES string of the molecule is CC(C)C(C(=O)NCC(=O)O)n1cnc2ccccc2c1=O. The molecule has 0 bridgehead atoms. The third-order valence-corrected chi connectivity index (χ3v) is 3.30. The van der Waals surface area contributed by atoms with Crippen LogP contribution in [0.5, 0.6) is 0 Å². The molecule has 7 nitrogen and oxygen atoms in total. The lowest BCUT2D eigenvalue weighted by atomic mass is 10.0. The van der Waals surface area contributed by atoms with E-state index in [4.69, 9.17) is 5.11 Å². The van der Waals surface area contributed by atoms with Crippen LogP contribution in [0, 0.1) is 5.92 Å². The Hall–Kier alpha value is -2.70. The molecule has 2 rings (SSSR count). The van der Waals surface area contributed by atoms with Crippen molar-refractivity contribution in [3.05, 3.63) is 40.9 Å². The molecule has 0 aliphatic rings. The van der Waals surface area contributed by atoms with Crippen molar-refractivity contribution in [3.8, 4) is 0 Å². The summed E-state index contributed by atoms with van der Waals surface area (Å²) in [5.74, 6) is -1.86. The molecule has 2 N–H and O–H groups in total. The van der Waals surface area contributed by atoms with Crippen LogP contribution in [0.3, 0.4) is 0 Å². The minimum Gasteiger partial charge on any atom is -0.480 e. The van der Waals surface area contributed by atoms with E-state index < -0.39 is 24.5 Å². The minimum atomic E-state index is -1.14. The number of amides is 1. The van der Waals surface area contributed by atoms with Crippen LogP contribution >= 0.6 is 0 Å². The highest BCUT2D eigenvalue weighted by atomic mass is 16.4. The van der Waals surface area contributed by atoms with Crippen LogP contribution in [-0.2, 0) is 9.59 Å². The number of hydrogen-bond donors (Lipinski definition) is 2. The second kappa shape index (κ2) is 6.38. The predicted octanol–water partition coefficient (Wildman–Crippen LogP) is 0.794. The van der Waals surface area contributed by atoms with Crippen molar-refractivity contribution in [1.29, 1.82) is 0 Å². The second-order valence-electron chi connectivity index (χ2n) is 5.27. The summed E-state index contributed by atoms with van der Waals surface area (Å²) < 4.78 is 1.25. The summed E-state index contributed by atoms with van der Waals surface area (Å²) in [5, 5.41) is 11.4. The van der Waals surface area contributed by atoms with E-state index in [1.165, 1.54) is 10.9 Å². The Balaban J connectivity index is 2.45. The number of carboxylic acid groups (broad SMARTS) is 1. The molecule has 0 fully saturated rings. The topological polar surface area (TPSA) is 101 Å². The smallest absolute Gasteiger partial charge is 0.322 e. The summed E-state index contributed by atoms with van der Waals surface area (Å²) in [4.78, 5) is 39.5. The summed E-state index contributed by atoms with van der Waals surface area (Å²) in [6.07, 6.45) is 1.33. The molecular formula is C15H17N3O4. The zero-order valence-electron chi connectivity index (χ0n) is 12.3. The maximum Gasteiger partial charge on any atom is 0.322 e. The molecular weight excluding hydrogens is 286 g/mol. The van der Waals surface area contributed by atoms with E-state index in [-0.39, 0.29) is 11.5 Å². The quantitative estimate of drug-likeness (QED) is 0.850. The number of carbonyl (C=O) groups is 2. The number of benzene rings is 1. The number of carboxylic acids is 1. The molecule has 7 heteroatoms. The Morgan fingerprint density at radius 3 is 2.64 bits per heavy atom. The number of rotatable bonds is 5. The van der Waals surface area contributed by atoms with Crippen molar-refractivity contribution in [2.75, 3.05) is 6.54 Å². The summed E-state index contributed by atoms with van der Waals surface area (Å²) in [7, 11) is 0. The van der Waals surface area contributed by atoms with Gasteiger partial charge in [-0.15, -0.1) is 0 Å². The molecule has 1 aromatic carbocycles. The number of aromatic nitrogens is 2. The maximum atomic E-state index is 12.5. The van der Waals surface area contributed by atoms with Crippen LogP contribution in [0.2, 0.25) is 0 Å². The zero-order chi connectivity index (χ0) is 16.3. The van der Waals surface area contributed by atoms with E-state index in [0.717, 1.165) is 0 Å². The van der Waals surface area contributed by atoms with Gasteiger partial charge in [0.1, 0.15) is 12.6 Å². The third-order valence-electron chi connectivity index (χ3n) is 3.30. The largest absolute Gasteiger partial charge is 0.480 e. The Kier molecular flexibility index (Phi) is 4.55. The Bertz CT molecular complexity index is 767. The van der Waals surface area contributed by atoms with Gasteiger partial charge < -0.3 is 10.4 Å². The van der Waals surface area contributed by atoms with Gasteiger partial charge in [-0.05, 0) is 18.1 Å². The van der Waals surface area contributed by atoms with Gasteiger partial charge >= 0.3 is 5.97 Å². The lowest BCUT2D eigenvalue weighted by Gasteiger charge is -2.22. The second-order valence-corrected chi connectivity index (χ2v) is 5.27. The lowest BCUT2D eigenvalue weighted by Crippen LogP contribution is -2.41. The van der Waals surface area contributed by atoms with Crippen molar-refractivity contribution >= 4 is 22.8 Å². The van der Waals surface area contributed by atoms with E-state index in [1.54, 1.807) is 38.1 Å². The standard InChI is InChI=1S/C15H17N3O4/c1-9(2)13(14(21)16-7-12(19)20)18-8-17-11-6-4-3-5-10(11)15(18)22/h3-6,8-9,13H,7H2,1-2H3,(H,16,21)(H,19,20). The van der Waals surface area contributed by atoms with Crippen molar-refractivity contribution < 1.29 is 14.7 Å². The molecule has 0 radical (unpaired) electrons. The molecule has 1 amide bonds. The molecule has 0 spiro atoms. The van der Waals surface area contributed by atoms with Gasteiger partial charge in [0.05, 0.1) is 17.2 Å². The van der Waals surface area contributed by atoms with Crippen molar-refractivity contribution in [2.45, 2.75) is 19.9 Å². The molecule has 1 atom stereocenters. The normalized spacial score (nSPS) is 12.3. The number of nitrogens with one attached hydrogen (secondary N) is 1. The predicted molar refractivity (Wildman–Crippen MR) is 80.5 cm³/mol. The third kappa shape index (κ3) is 3.13. The van der Waals surface area contributed by atoms with Gasteiger partial charge in [-0.3, -0.25) is 19.0 Å². The number of hydrogen-bond acceptors (Lipinski definition) is 4. The van der Waals surface area contributed by atoms with Gasteiger partial charge in [0.15, 0.2) is 0 Å². The summed E-state index contributed by atoms with van der Waals surface area (Å²) >= 11 is 0. The zero-order valence-corrected chi connectivity index (χ0v) is 12.3. The first-order valence-corrected chi connectivity index (χ1v) is 6.87. The monoisotopic (exact) mass is 303 g/mol. The molecule has 22 heavy (non-hydrogen) atoms. The van der Waals surface area contributed by atoms with Crippen LogP contribution in [0.1, 0.15) is 19.9 Å². The number of carbonyl (C=O) groups excluding carboxylic acids is 1. The van der Waals surface area contributed by atoms with Gasteiger partial charge in [0, 0.05) is 0 Å². The molecule has 0 saturated heterocycles. The average Bonchev–Trinajstić information content (AvgIpc) is 2.47. The highest BCUT2D eigenvalue weighted by Gasteiger charge is 2.26. The number of fused-ring (bicyclic) bond motifs is 1. The van der Waals surface area contributed by atoms with E-state index in [1.807, 2.05) is 0 Å². The van der Waals surface area contributed by atoms with E-state index >= 15 is 0 Å². The Morgan fingerprint density at radius 2 is 2.00 bits per heavy atom. The maximum absolute atomic E-state index is 12.5. The van der Waals surface area contributed by atoms with Gasteiger partial charge in [0.2, 0.25) is 5.91 Å². The first-order valence-electron chi connectivity index (χ1n) is 6.87. The van der Waals surface area contributed by atoms with Crippen molar-refractivity contribution in [2.24, 2.45) is 5.92 Å². The van der Waals surface area contributed by atoms with E-state index in [2.05, 4.69) is 10.3 Å². The fourth-order valence-electron chi connectivity index (χ4n) is 2.30. The molecule has 0 aliphatic carbocycles. The van der Waals surface area contributed by atoms with Crippen molar-refractivity contribution in [3.63, 3.8) is 0 Å². The lowest BCUT2D eigenvalue weighted by molar-refractivity contribution is -0.138.